The lowest BCUT2D eigenvalue weighted by Crippen LogP contribution is -2.21. The molecule has 1 aliphatic heterocycles. The summed E-state index contributed by atoms with van der Waals surface area (Å²) in [4.78, 5) is 0. The normalized spacial score (nSPS) is 18.8. The van der Waals surface area contributed by atoms with E-state index >= 15 is 0 Å². The minimum absolute atomic E-state index is 0.353. The fourth-order valence-electron chi connectivity index (χ4n) is 2.01. The molecule has 0 radical (unpaired) electrons. The Morgan fingerprint density at radius 3 is 2.94 bits per heavy atom. The lowest BCUT2D eigenvalue weighted by molar-refractivity contribution is 0.0587. The predicted molar refractivity (Wildman–Crippen MR) is 64.2 cm³/mol. The Balaban J connectivity index is 0.000000457. The van der Waals surface area contributed by atoms with Gasteiger partial charge in [-0.05, 0) is 20.0 Å². The summed E-state index contributed by atoms with van der Waals surface area (Å²) in [5.74, 6) is 0. The van der Waals surface area contributed by atoms with Gasteiger partial charge in [-0.2, -0.15) is 5.10 Å². The third kappa shape index (κ3) is 1.70. The van der Waals surface area contributed by atoms with Crippen molar-refractivity contribution in [2.75, 3.05) is 13.7 Å². The van der Waals surface area contributed by atoms with Crippen LogP contribution < -0.4 is 5.73 Å². The lowest BCUT2D eigenvalue weighted by atomic mass is 10.2. The fourth-order valence-corrected chi connectivity index (χ4v) is 2.01. The summed E-state index contributed by atoms with van der Waals surface area (Å²) in [6, 6.07) is 8.58. The van der Waals surface area contributed by atoms with E-state index in [2.05, 4.69) is 28.5 Å². The van der Waals surface area contributed by atoms with Gasteiger partial charge in [0.1, 0.15) is 0 Å². The Hall–Kier alpha value is -1.39. The minimum atomic E-state index is 0.353. The Labute approximate surface area is 95.0 Å². The van der Waals surface area contributed by atoms with Crippen molar-refractivity contribution >= 4 is 10.9 Å². The van der Waals surface area contributed by atoms with Gasteiger partial charge >= 0.3 is 0 Å². The van der Waals surface area contributed by atoms with Crippen molar-refractivity contribution in [3.05, 3.63) is 30.0 Å². The summed E-state index contributed by atoms with van der Waals surface area (Å²) in [5, 5.41) is 5.79. The van der Waals surface area contributed by atoms with Crippen LogP contribution in [0.3, 0.4) is 0 Å². The highest BCUT2D eigenvalue weighted by Crippen LogP contribution is 2.25. The third-order valence-electron chi connectivity index (χ3n) is 2.72. The van der Waals surface area contributed by atoms with Gasteiger partial charge < -0.3 is 10.5 Å². The molecule has 86 valence electrons. The molecule has 0 amide bonds. The highest BCUT2D eigenvalue weighted by atomic mass is 16.5. The van der Waals surface area contributed by atoms with E-state index in [9.17, 15) is 0 Å². The van der Waals surface area contributed by atoms with Crippen molar-refractivity contribution in [1.82, 2.24) is 9.78 Å². The first-order chi connectivity index (χ1) is 7.86. The average molecular weight is 219 g/mol. The second kappa shape index (κ2) is 4.63. The first-order valence-electron chi connectivity index (χ1n) is 5.48. The van der Waals surface area contributed by atoms with Crippen molar-refractivity contribution in [1.29, 1.82) is 0 Å². The number of hydrogen-bond donors (Lipinski definition) is 1. The van der Waals surface area contributed by atoms with Crippen LogP contribution in [0.4, 0.5) is 0 Å². The number of aromatic nitrogens is 2. The van der Waals surface area contributed by atoms with Crippen LogP contribution in [0.2, 0.25) is 0 Å². The van der Waals surface area contributed by atoms with Gasteiger partial charge in [0.25, 0.3) is 0 Å². The van der Waals surface area contributed by atoms with Gasteiger partial charge in [0.05, 0.1) is 30.5 Å². The van der Waals surface area contributed by atoms with Crippen LogP contribution >= 0.6 is 0 Å². The molecular weight excluding hydrogens is 202 g/mol. The molecule has 0 saturated carbocycles. The molecule has 16 heavy (non-hydrogen) atoms. The van der Waals surface area contributed by atoms with E-state index in [0.717, 1.165) is 12.1 Å². The predicted octanol–water partition coefficient (Wildman–Crippen LogP) is 1.70. The van der Waals surface area contributed by atoms with Gasteiger partial charge in [0.15, 0.2) is 0 Å². The Kier molecular flexibility index (Phi) is 3.22. The lowest BCUT2D eigenvalue weighted by Gasteiger charge is -2.21. The SMILES string of the molecule is CC1COCc2c3ccccc3nn21.CN. The maximum absolute atomic E-state index is 5.51. The largest absolute Gasteiger partial charge is 0.373 e. The maximum Gasteiger partial charge on any atom is 0.0927 e. The van der Waals surface area contributed by atoms with E-state index < -0.39 is 0 Å². The van der Waals surface area contributed by atoms with Crippen molar-refractivity contribution in [2.45, 2.75) is 19.6 Å². The molecular formula is C12H17N3O. The van der Waals surface area contributed by atoms with E-state index in [-0.39, 0.29) is 0 Å². The molecule has 2 heterocycles. The van der Waals surface area contributed by atoms with Crippen LogP contribution in [0.25, 0.3) is 10.9 Å². The van der Waals surface area contributed by atoms with Crippen molar-refractivity contribution in [3.63, 3.8) is 0 Å². The maximum atomic E-state index is 5.51. The van der Waals surface area contributed by atoms with Crippen LogP contribution in [0.15, 0.2) is 24.3 Å². The topological polar surface area (TPSA) is 53.1 Å². The highest BCUT2D eigenvalue weighted by Gasteiger charge is 2.19. The van der Waals surface area contributed by atoms with Gasteiger partial charge in [-0.25, -0.2) is 0 Å². The van der Waals surface area contributed by atoms with Crippen molar-refractivity contribution in [3.8, 4) is 0 Å². The Morgan fingerprint density at radius 2 is 2.12 bits per heavy atom. The zero-order chi connectivity index (χ0) is 11.5. The third-order valence-corrected chi connectivity index (χ3v) is 2.72. The standard InChI is InChI=1S/C11H12N2O.CH5N/c1-8-6-14-7-11-9-4-2-3-5-10(9)12-13(8)11;1-2/h2-5,8H,6-7H2,1H3;2H2,1H3. The second-order valence-corrected chi connectivity index (χ2v) is 3.77. The summed E-state index contributed by atoms with van der Waals surface area (Å²) in [6.45, 7) is 3.58. The molecule has 0 bridgehead atoms. The smallest absolute Gasteiger partial charge is 0.0927 e. The summed E-state index contributed by atoms with van der Waals surface area (Å²) in [6.07, 6.45) is 0. The summed E-state index contributed by atoms with van der Waals surface area (Å²) in [7, 11) is 1.50. The van der Waals surface area contributed by atoms with E-state index in [1.54, 1.807) is 0 Å². The highest BCUT2D eigenvalue weighted by molar-refractivity contribution is 5.81. The number of nitrogens with zero attached hydrogens (tertiary/aromatic N) is 2. The molecule has 2 aromatic rings. The zero-order valence-electron chi connectivity index (χ0n) is 9.68. The molecule has 1 aromatic carbocycles. The first kappa shape index (κ1) is 11.1. The summed E-state index contributed by atoms with van der Waals surface area (Å²) < 4.78 is 7.61. The molecule has 4 nitrogen and oxygen atoms in total. The fraction of sp³-hybridized carbons (Fsp3) is 0.417. The van der Waals surface area contributed by atoms with Gasteiger partial charge in [-0.1, -0.05) is 18.2 Å². The van der Waals surface area contributed by atoms with E-state index in [1.807, 2.05) is 18.2 Å². The molecule has 0 fully saturated rings. The molecule has 0 spiro atoms. The van der Waals surface area contributed by atoms with Gasteiger partial charge in [-0.3, -0.25) is 4.68 Å². The molecule has 1 aliphatic rings. The molecule has 1 unspecified atom stereocenters. The van der Waals surface area contributed by atoms with Gasteiger partial charge in [0, 0.05) is 5.39 Å². The van der Waals surface area contributed by atoms with Gasteiger partial charge in [0.2, 0.25) is 0 Å². The monoisotopic (exact) mass is 219 g/mol. The Morgan fingerprint density at radius 1 is 1.38 bits per heavy atom. The van der Waals surface area contributed by atoms with Crippen LogP contribution in [-0.2, 0) is 11.3 Å². The number of nitrogens with two attached hydrogens (primary N) is 1. The molecule has 2 N–H and O–H groups in total. The van der Waals surface area contributed by atoms with Crippen molar-refractivity contribution < 1.29 is 4.74 Å². The number of rotatable bonds is 0. The number of hydrogen-bond acceptors (Lipinski definition) is 3. The quantitative estimate of drug-likeness (QED) is 0.733. The zero-order valence-corrected chi connectivity index (χ0v) is 9.68. The van der Waals surface area contributed by atoms with Crippen LogP contribution in [0, 0.1) is 0 Å². The van der Waals surface area contributed by atoms with Gasteiger partial charge in [-0.15, -0.1) is 0 Å². The minimum Gasteiger partial charge on any atom is -0.373 e. The molecule has 0 aliphatic carbocycles. The van der Waals surface area contributed by atoms with E-state index in [0.29, 0.717) is 12.6 Å². The van der Waals surface area contributed by atoms with Crippen LogP contribution in [0.5, 0.6) is 0 Å². The van der Waals surface area contributed by atoms with E-state index in [1.165, 1.54) is 18.1 Å². The number of fused-ring (bicyclic) bond motifs is 3. The average Bonchev–Trinajstić information content (AvgIpc) is 2.72. The summed E-state index contributed by atoms with van der Waals surface area (Å²) >= 11 is 0. The molecule has 1 atom stereocenters. The molecule has 1 aromatic heterocycles. The Bertz CT molecular complexity index is 478. The van der Waals surface area contributed by atoms with Crippen molar-refractivity contribution in [2.24, 2.45) is 5.73 Å². The summed E-state index contributed by atoms with van der Waals surface area (Å²) in [5.41, 5.74) is 6.78. The number of ether oxygens (including phenoxy) is 1. The molecule has 4 heteroatoms. The molecule has 3 rings (SSSR count). The second-order valence-electron chi connectivity index (χ2n) is 3.77. The van der Waals surface area contributed by atoms with E-state index in [4.69, 9.17) is 4.74 Å². The first-order valence-corrected chi connectivity index (χ1v) is 5.48. The number of benzene rings is 1. The molecule has 0 saturated heterocycles. The van der Waals surface area contributed by atoms with Crippen LogP contribution in [0.1, 0.15) is 18.7 Å². The van der Waals surface area contributed by atoms with Crippen LogP contribution in [-0.4, -0.2) is 23.4 Å².